The summed E-state index contributed by atoms with van der Waals surface area (Å²) in [5.41, 5.74) is 3.03. The summed E-state index contributed by atoms with van der Waals surface area (Å²) in [6.45, 7) is 0. The number of rotatable bonds is 5. The first-order valence-electron chi connectivity index (χ1n) is 11.6. The third-order valence-corrected chi connectivity index (χ3v) is 7.53. The Balaban J connectivity index is 1.64. The molecule has 0 heterocycles. The van der Waals surface area contributed by atoms with Gasteiger partial charge in [0.2, 0.25) is 0 Å². The van der Waals surface area contributed by atoms with E-state index < -0.39 is 5.60 Å². The van der Waals surface area contributed by atoms with Gasteiger partial charge in [0.05, 0.1) is 6.10 Å². The van der Waals surface area contributed by atoms with Gasteiger partial charge in [-0.2, -0.15) is 0 Å². The van der Waals surface area contributed by atoms with E-state index in [1.807, 2.05) is 0 Å². The molecule has 2 fully saturated rings. The lowest BCUT2D eigenvalue weighted by Gasteiger charge is -2.41. The fourth-order valence-corrected chi connectivity index (χ4v) is 6.11. The maximum absolute atomic E-state index is 7.40. The van der Waals surface area contributed by atoms with Gasteiger partial charge in [-0.25, -0.2) is 0 Å². The molecular weight excluding hydrogens is 376 g/mol. The molecular formula is C30H28O. The van der Waals surface area contributed by atoms with Gasteiger partial charge in [-0.05, 0) is 59.4 Å². The molecule has 6 rings (SSSR count). The summed E-state index contributed by atoms with van der Waals surface area (Å²) in [6, 6.07) is 37.1. The van der Waals surface area contributed by atoms with Gasteiger partial charge in [-0.15, -0.1) is 0 Å². The van der Waals surface area contributed by atoms with Crippen LogP contribution >= 0.6 is 0 Å². The molecule has 1 heteroatoms. The Morgan fingerprint density at radius 3 is 1.90 bits per heavy atom. The lowest BCUT2D eigenvalue weighted by atomic mass is 9.77. The lowest BCUT2D eigenvalue weighted by molar-refractivity contribution is -0.0703. The highest BCUT2D eigenvalue weighted by Crippen LogP contribution is 2.51. The van der Waals surface area contributed by atoms with Gasteiger partial charge in [0.25, 0.3) is 0 Å². The topological polar surface area (TPSA) is 9.23 Å². The van der Waals surface area contributed by atoms with E-state index in [9.17, 15) is 0 Å². The van der Waals surface area contributed by atoms with E-state index in [1.165, 1.54) is 53.1 Å². The summed E-state index contributed by atoms with van der Waals surface area (Å²) < 4.78 is 7.40. The summed E-state index contributed by atoms with van der Waals surface area (Å²) in [5.74, 6) is 1.53. The minimum absolute atomic E-state index is 0.304. The molecule has 2 bridgehead atoms. The maximum Gasteiger partial charge on any atom is 0.144 e. The van der Waals surface area contributed by atoms with Crippen LogP contribution in [0, 0.1) is 11.8 Å². The third kappa shape index (κ3) is 3.11. The molecule has 4 aromatic carbocycles. The Morgan fingerprint density at radius 2 is 1.26 bits per heavy atom. The fourth-order valence-electron chi connectivity index (χ4n) is 6.11. The second-order valence-electron chi connectivity index (χ2n) is 9.27. The zero-order valence-corrected chi connectivity index (χ0v) is 17.8. The van der Waals surface area contributed by atoms with E-state index in [0.29, 0.717) is 12.0 Å². The van der Waals surface area contributed by atoms with Crippen LogP contribution in [0.4, 0.5) is 0 Å². The molecule has 0 aliphatic heterocycles. The zero-order valence-electron chi connectivity index (χ0n) is 17.8. The number of benzene rings is 4. The van der Waals surface area contributed by atoms with Gasteiger partial charge in [-0.3, -0.25) is 0 Å². The van der Waals surface area contributed by atoms with E-state index in [2.05, 4.69) is 103 Å². The van der Waals surface area contributed by atoms with E-state index in [0.717, 1.165) is 5.92 Å². The molecule has 0 spiro atoms. The van der Waals surface area contributed by atoms with Crippen LogP contribution in [-0.2, 0) is 10.3 Å². The molecule has 0 N–H and O–H groups in total. The van der Waals surface area contributed by atoms with Crippen molar-refractivity contribution in [1.29, 1.82) is 0 Å². The molecule has 0 radical (unpaired) electrons. The van der Waals surface area contributed by atoms with Crippen LogP contribution < -0.4 is 0 Å². The molecule has 1 nitrogen and oxygen atoms in total. The highest BCUT2D eigenvalue weighted by molar-refractivity contribution is 5.87. The average molecular weight is 405 g/mol. The van der Waals surface area contributed by atoms with Gasteiger partial charge in [-0.1, -0.05) is 103 Å². The van der Waals surface area contributed by atoms with Crippen molar-refractivity contribution in [3.8, 4) is 0 Å². The molecule has 0 amide bonds. The Morgan fingerprint density at radius 1 is 0.613 bits per heavy atom. The Hall–Kier alpha value is -2.90. The molecule has 3 atom stereocenters. The highest BCUT2D eigenvalue weighted by atomic mass is 16.5. The van der Waals surface area contributed by atoms with Crippen molar-refractivity contribution < 1.29 is 4.74 Å². The first kappa shape index (κ1) is 18.8. The fraction of sp³-hybridized carbons (Fsp3) is 0.267. The largest absolute Gasteiger partial charge is 0.357 e. The van der Waals surface area contributed by atoms with Crippen LogP contribution in [-0.4, -0.2) is 6.10 Å². The van der Waals surface area contributed by atoms with Crippen LogP contribution in [0.15, 0.2) is 103 Å². The molecule has 2 aliphatic carbocycles. The van der Waals surface area contributed by atoms with E-state index in [1.54, 1.807) is 0 Å². The van der Waals surface area contributed by atoms with Gasteiger partial charge in [0, 0.05) is 5.56 Å². The van der Waals surface area contributed by atoms with Crippen molar-refractivity contribution in [1.82, 2.24) is 0 Å². The SMILES string of the molecule is c1ccc(C(OC2C[C@@H]3CC[C@H]2C3)(c2ccccc2)c2cccc3ccccc23)cc1. The molecule has 2 saturated carbocycles. The van der Waals surface area contributed by atoms with Gasteiger partial charge >= 0.3 is 0 Å². The zero-order chi connectivity index (χ0) is 20.7. The summed E-state index contributed by atoms with van der Waals surface area (Å²) in [4.78, 5) is 0. The summed E-state index contributed by atoms with van der Waals surface area (Å²) in [5, 5.41) is 2.52. The molecule has 1 unspecified atom stereocenters. The second kappa shape index (κ2) is 7.66. The monoisotopic (exact) mass is 404 g/mol. The predicted octanol–water partition coefficient (Wildman–Crippen LogP) is 7.34. The normalized spacial score (nSPS) is 22.8. The first-order valence-corrected chi connectivity index (χ1v) is 11.6. The minimum atomic E-state index is -0.626. The first-order chi connectivity index (χ1) is 15.3. The van der Waals surface area contributed by atoms with Crippen LogP contribution in [0.5, 0.6) is 0 Å². The number of hydrogen-bond acceptors (Lipinski definition) is 1. The maximum atomic E-state index is 7.40. The minimum Gasteiger partial charge on any atom is -0.357 e. The quantitative estimate of drug-likeness (QED) is 0.316. The summed E-state index contributed by atoms with van der Waals surface area (Å²) in [7, 11) is 0. The molecule has 4 aromatic rings. The Bertz CT molecular complexity index is 1140. The van der Waals surface area contributed by atoms with E-state index in [-0.39, 0.29) is 0 Å². The van der Waals surface area contributed by atoms with E-state index in [4.69, 9.17) is 4.74 Å². The summed E-state index contributed by atoms with van der Waals surface area (Å²) >= 11 is 0. The van der Waals surface area contributed by atoms with Crippen molar-refractivity contribution in [2.24, 2.45) is 11.8 Å². The smallest absolute Gasteiger partial charge is 0.144 e. The molecule has 0 aromatic heterocycles. The molecule has 154 valence electrons. The summed E-state index contributed by atoms with van der Waals surface area (Å²) in [6.07, 6.45) is 5.52. The number of fused-ring (bicyclic) bond motifs is 3. The molecule has 2 aliphatic rings. The molecule has 31 heavy (non-hydrogen) atoms. The van der Waals surface area contributed by atoms with Crippen molar-refractivity contribution in [3.05, 3.63) is 120 Å². The lowest BCUT2D eigenvalue weighted by Crippen LogP contribution is -2.39. The van der Waals surface area contributed by atoms with Crippen molar-refractivity contribution in [3.63, 3.8) is 0 Å². The van der Waals surface area contributed by atoms with Crippen molar-refractivity contribution in [2.75, 3.05) is 0 Å². The van der Waals surface area contributed by atoms with Crippen LogP contribution in [0.1, 0.15) is 42.4 Å². The van der Waals surface area contributed by atoms with Gasteiger partial charge in [0.1, 0.15) is 5.60 Å². The number of hydrogen-bond donors (Lipinski definition) is 0. The van der Waals surface area contributed by atoms with Crippen molar-refractivity contribution >= 4 is 10.8 Å². The standard InChI is InChI=1S/C30H28O/c1-3-12-25(13-4-1)30(26-14-5-2-6-15-26,31-29-21-22-18-19-24(29)20-22)28-17-9-11-23-10-7-8-16-27(23)28/h1-17,22,24,29H,18-21H2/t22-,24+,29?/m1/s1. The average Bonchev–Trinajstić information content (AvgIpc) is 3.47. The van der Waals surface area contributed by atoms with Crippen molar-refractivity contribution in [2.45, 2.75) is 37.4 Å². The Kier molecular flexibility index (Phi) is 4.65. The van der Waals surface area contributed by atoms with Crippen LogP contribution in [0.3, 0.4) is 0 Å². The van der Waals surface area contributed by atoms with Gasteiger partial charge < -0.3 is 4.74 Å². The predicted molar refractivity (Wildman–Crippen MR) is 127 cm³/mol. The number of ether oxygens (including phenoxy) is 1. The third-order valence-electron chi connectivity index (χ3n) is 7.53. The highest BCUT2D eigenvalue weighted by Gasteiger charge is 2.47. The van der Waals surface area contributed by atoms with Crippen LogP contribution in [0.25, 0.3) is 10.8 Å². The van der Waals surface area contributed by atoms with E-state index >= 15 is 0 Å². The second-order valence-corrected chi connectivity index (χ2v) is 9.27. The molecule has 0 saturated heterocycles. The van der Waals surface area contributed by atoms with Crippen LogP contribution in [0.2, 0.25) is 0 Å². The Labute approximate surface area is 184 Å². The van der Waals surface area contributed by atoms with Gasteiger partial charge in [0.15, 0.2) is 0 Å².